The minimum atomic E-state index is -0.705. The molecule has 1 aromatic carbocycles. The molecule has 0 fully saturated rings. The van der Waals surface area contributed by atoms with Gasteiger partial charge in [-0.15, -0.1) is 0 Å². The first kappa shape index (κ1) is 20.1. The summed E-state index contributed by atoms with van der Waals surface area (Å²) in [5, 5.41) is 23.7. The van der Waals surface area contributed by atoms with Gasteiger partial charge < -0.3 is 10.1 Å². The van der Waals surface area contributed by atoms with E-state index in [0.717, 1.165) is 28.2 Å². The number of carbonyl (C=O) groups excluding carboxylic acids is 2. The summed E-state index contributed by atoms with van der Waals surface area (Å²) in [7, 11) is 0. The maximum absolute atomic E-state index is 12.0. The molecule has 0 radical (unpaired) electrons. The van der Waals surface area contributed by atoms with E-state index in [9.17, 15) is 29.8 Å². The summed E-state index contributed by atoms with van der Waals surface area (Å²) in [5.74, 6) is -0.892. The molecule has 0 aliphatic heterocycles. The summed E-state index contributed by atoms with van der Waals surface area (Å²) in [4.78, 5) is 44.6. The number of hydrogen-bond donors (Lipinski definition) is 1. The maximum Gasteiger partial charge on any atom is 0.353 e. The molecule has 0 saturated heterocycles. The Morgan fingerprint density at radius 2 is 1.41 bits per heavy atom. The second-order valence-corrected chi connectivity index (χ2v) is 7.63. The van der Waals surface area contributed by atoms with Crippen LogP contribution in [0.5, 0.6) is 5.75 Å². The Hall–Kier alpha value is -3.64. The molecule has 0 aliphatic carbocycles. The average Bonchev–Trinajstić information content (AvgIpc) is 3.37. The van der Waals surface area contributed by atoms with E-state index in [0.29, 0.717) is 0 Å². The van der Waals surface area contributed by atoms with E-state index in [-0.39, 0.29) is 32.1 Å². The monoisotopic (exact) mass is 433 g/mol. The lowest BCUT2D eigenvalue weighted by atomic mass is 10.2. The number of carbonyl (C=O) groups is 2. The molecule has 12 heteroatoms. The first-order chi connectivity index (χ1) is 13.8. The molecule has 29 heavy (non-hydrogen) atoms. The Labute approximate surface area is 170 Å². The second-order valence-electron chi connectivity index (χ2n) is 5.51. The van der Waals surface area contributed by atoms with Crippen molar-refractivity contribution in [3.05, 3.63) is 84.1 Å². The van der Waals surface area contributed by atoms with Gasteiger partial charge in [0.1, 0.15) is 10.6 Å². The molecule has 3 aromatic rings. The maximum atomic E-state index is 12.0. The largest absolute Gasteiger partial charge is 0.422 e. The van der Waals surface area contributed by atoms with E-state index in [1.54, 1.807) is 12.1 Å². The third kappa shape index (κ3) is 5.00. The van der Waals surface area contributed by atoms with Crippen LogP contribution in [0.25, 0.3) is 0 Å². The number of hydrogen-bond acceptors (Lipinski definition) is 9. The van der Waals surface area contributed by atoms with Gasteiger partial charge in [-0.05, 0) is 29.8 Å². The number of nitrogens with one attached hydrogen (secondary N) is 1. The van der Waals surface area contributed by atoms with Gasteiger partial charge in [0, 0.05) is 18.7 Å². The summed E-state index contributed by atoms with van der Waals surface area (Å²) in [6.45, 7) is 0.176. The number of thiophene rings is 2. The predicted molar refractivity (Wildman–Crippen MR) is 105 cm³/mol. The van der Waals surface area contributed by atoms with E-state index < -0.39 is 21.7 Å². The molecule has 3 rings (SSSR count). The number of ether oxygens (including phenoxy) is 1. The zero-order valence-corrected chi connectivity index (χ0v) is 16.0. The van der Waals surface area contributed by atoms with Crippen molar-refractivity contribution in [2.45, 2.75) is 6.54 Å². The second kappa shape index (κ2) is 8.58. The first-order valence-electron chi connectivity index (χ1n) is 7.91. The molecular formula is C17H11N3O7S2. The molecule has 1 amide bonds. The van der Waals surface area contributed by atoms with Crippen LogP contribution in [0.15, 0.2) is 48.5 Å². The van der Waals surface area contributed by atoms with E-state index in [1.165, 1.54) is 36.4 Å². The van der Waals surface area contributed by atoms with E-state index in [1.807, 2.05) is 0 Å². The molecule has 148 valence electrons. The van der Waals surface area contributed by atoms with Crippen molar-refractivity contribution in [2.24, 2.45) is 0 Å². The number of nitrogens with zero attached hydrogens (tertiary/aromatic N) is 2. The van der Waals surface area contributed by atoms with E-state index in [4.69, 9.17) is 4.74 Å². The molecular weight excluding hydrogens is 422 g/mol. The summed E-state index contributed by atoms with van der Waals surface area (Å²) in [6.07, 6.45) is 0. The van der Waals surface area contributed by atoms with Gasteiger partial charge in [0.15, 0.2) is 0 Å². The van der Waals surface area contributed by atoms with Crippen LogP contribution in [0.4, 0.5) is 10.0 Å². The Morgan fingerprint density at radius 1 is 0.862 bits per heavy atom. The highest BCUT2D eigenvalue weighted by atomic mass is 32.1. The van der Waals surface area contributed by atoms with Crippen molar-refractivity contribution in [2.75, 3.05) is 0 Å². The third-order valence-corrected chi connectivity index (χ3v) is 5.61. The fraction of sp³-hybridized carbons (Fsp3) is 0.0588. The number of rotatable bonds is 7. The van der Waals surface area contributed by atoms with Gasteiger partial charge in [-0.25, -0.2) is 4.79 Å². The van der Waals surface area contributed by atoms with Crippen LogP contribution in [0, 0.1) is 20.2 Å². The topological polar surface area (TPSA) is 142 Å². The van der Waals surface area contributed by atoms with Gasteiger partial charge in [-0.3, -0.25) is 25.0 Å². The third-order valence-electron chi connectivity index (χ3n) is 3.56. The van der Waals surface area contributed by atoms with Crippen LogP contribution in [0.2, 0.25) is 0 Å². The van der Waals surface area contributed by atoms with Gasteiger partial charge >= 0.3 is 16.0 Å². The Kier molecular flexibility index (Phi) is 5.95. The van der Waals surface area contributed by atoms with Gasteiger partial charge in [0.2, 0.25) is 0 Å². The highest BCUT2D eigenvalue weighted by molar-refractivity contribution is 7.17. The van der Waals surface area contributed by atoms with Gasteiger partial charge in [0.05, 0.1) is 14.7 Å². The summed E-state index contributed by atoms with van der Waals surface area (Å²) in [6, 6.07) is 11.5. The number of amides is 1. The Balaban J connectivity index is 1.55. The fourth-order valence-electron chi connectivity index (χ4n) is 2.19. The summed E-state index contributed by atoms with van der Waals surface area (Å²) >= 11 is 1.51. The minimum Gasteiger partial charge on any atom is -0.422 e. The molecule has 1 N–H and O–H groups in total. The lowest BCUT2D eigenvalue weighted by Gasteiger charge is -2.06. The van der Waals surface area contributed by atoms with Crippen molar-refractivity contribution >= 4 is 44.6 Å². The summed E-state index contributed by atoms with van der Waals surface area (Å²) < 4.78 is 5.17. The van der Waals surface area contributed by atoms with Crippen molar-refractivity contribution < 1.29 is 24.2 Å². The number of nitro groups is 2. The Bertz CT molecular complexity index is 1090. The van der Waals surface area contributed by atoms with Crippen molar-refractivity contribution in [3.63, 3.8) is 0 Å². The van der Waals surface area contributed by atoms with Gasteiger partial charge in [-0.1, -0.05) is 34.8 Å². The molecule has 0 bridgehead atoms. The molecule has 0 atom stereocenters. The SMILES string of the molecule is O=C(NCc1ccc(OC(=O)c2ccc([N+](=O)[O-])s2)cc1)c1ccc([N+](=O)[O-])s1. The molecule has 2 aromatic heterocycles. The van der Waals surface area contributed by atoms with Crippen molar-refractivity contribution in [1.82, 2.24) is 5.32 Å². The zero-order valence-electron chi connectivity index (χ0n) is 14.4. The van der Waals surface area contributed by atoms with Crippen LogP contribution in [-0.2, 0) is 6.54 Å². The lowest BCUT2D eigenvalue weighted by molar-refractivity contribution is -0.380. The standard InChI is InChI=1S/C17H11N3O7S2/c21-16(12-5-7-14(28-12)19(23)24)18-9-10-1-3-11(4-2-10)27-17(22)13-6-8-15(29-13)20(25)26/h1-8H,9H2,(H,18,21). The van der Waals surface area contributed by atoms with Crippen molar-refractivity contribution in [1.29, 1.82) is 0 Å². The predicted octanol–water partition coefficient (Wildman–Crippen LogP) is 3.78. The van der Waals surface area contributed by atoms with Crippen LogP contribution in [-0.4, -0.2) is 21.7 Å². The summed E-state index contributed by atoms with van der Waals surface area (Å²) in [5.41, 5.74) is 0.718. The highest BCUT2D eigenvalue weighted by Gasteiger charge is 2.17. The Morgan fingerprint density at radius 3 is 1.97 bits per heavy atom. The molecule has 0 saturated carbocycles. The normalized spacial score (nSPS) is 10.3. The molecule has 10 nitrogen and oxygen atoms in total. The fourth-order valence-corrected chi connectivity index (χ4v) is 3.62. The molecule has 0 aliphatic rings. The zero-order chi connectivity index (χ0) is 21.0. The van der Waals surface area contributed by atoms with Crippen LogP contribution < -0.4 is 10.1 Å². The van der Waals surface area contributed by atoms with Crippen molar-refractivity contribution in [3.8, 4) is 5.75 Å². The smallest absolute Gasteiger partial charge is 0.353 e. The van der Waals surface area contributed by atoms with Gasteiger partial charge in [-0.2, -0.15) is 0 Å². The molecule has 0 unspecified atom stereocenters. The minimum absolute atomic E-state index is 0.109. The number of esters is 1. The van der Waals surface area contributed by atoms with E-state index in [2.05, 4.69) is 5.32 Å². The van der Waals surface area contributed by atoms with Crippen LogP contribution in [0.1, 0.15) is 24.9 Å². The molecule has 2 heterocycles. The average molecular weight is 433 g/mol. The number of benzene rings is 1. The lowest BCUT2D eigenvalue weighted by Crippen LogP contribution is -2.21. The first-order valence-corrected chi connectivity index (χ1v) is 9.54. The van der Waals surface area contributed by atoms with Crippen LogP contribution >= 0.6 is 22.7 Å². The molecule has 0 spiro atoms. The highest BCUT2D eigenvalue weighted by Crippen LogP contribution is 2.26. The van der Waals surface area contributed by atoms with Crippen LogP contribution in [0.3, 0.4) is 0 Å². The van der Waals surface area contributed by atoms with E-state index >= 15 is 0 Å². The quantitative estimate of drug-likeness (QED) is 0.259. The van der Waals surface area contributed by atoms with Gasteiger partial charge in [0.25, 0.3) is 5.91 Å².